The van der Waals surface area contributed by atoms with Crippen molar-refractivity contribution in [2.24, 2.45) is 0 Å². The van der Waals surface area contributed by atoms with Gasteiger partial charge in [0.1, 0.15) is 4.90 Å². The fraction of sp³-hybridized carbons (Fsp3) is 0.267. The highest BCUT2D eigenvalue weighted by Gasteiger charge is 2.20. The van der Waals surface area contributed by atoms with E-state index in [1.54, 1.807) is 0 Å². The minimum Gasteiger partial charge on any atom is -0.398 e. The summed E-state index contributed by atoms with van der Waals surface area (Å²) >= 11 is 0. The third-order valence-electron chi connectivity index (χ3n) is 3.44. The maximum Gasteiger partial charge on any atom is 0.296 e. The highest BCUT2D eigenvalue weighted by atomic mass is 32.2. The fourth-order valence-electron chi connectivity index (χ4n) is 1.73. The van der Waals surface area contributed by atoms with E-state index in [-0.39, 0.29) is 22.8 Å². The van der Waals surface area contributed by atoms with E-state index < -0.39 is 40.6 Å². The first-order valence-electron chi connectivity index (χ1n) is 7.74. The van der Waals surface area contributed by atoms with E-state index in [0.29, 0.717) is 4.90 Å². The van der Waals surface area contributed by atoms with Crippen molar-refractivity contribution in [1.29, 1.82) is 0 Å². The lowest BCUT2D eigenvalue weighted by Gasteiger charge is -2.14. The molecule has 0 heterocycles. The highest BCUT2D eigenvalue weighted by Crippen LogP contribution is 2.21. The summed E-state index contributed by atoms with van der Waals surface area (Å²) in [5.41, 5.74) is 4.88. The zero-order valence-corrected chi connectivity index (χ0v) is 17.5. The number of benzene rings is 1. The maximum absolute atomic E-state index is 12.7. The molecule has 1 aromatic carbocycles. The van der Waals surface area contributed by atoms with Crippen LogP contribution in [0.4, 0.5) is 5.69 Å². The van der Waals surface area contributed by atoms with Crippen molar-refractivity contribution >= 4 is 41.4 Å². The minimum atomic E-state index is -4.72. The summed E-state index contributed by atoms with van der Waals surface area (Å²) in [5, 5.41) is 1.43. The Morgan fingerprint density at radius 3 is 1.86 bits per heavy atom. The topological polar surface area (TPSA) is 169 Å². The zero-order valence-electron chi connectivity index (χ0n) is 15.0. The Morgan fingerprint density at radius 2 is 1.46 bits per heavy atom. The predicted octanol–water partition coefficient (Wildman–Crippen LogP) is 0.770. The van der Waals surface area contributed by atoms with Gasteiger partial charge < -0.3 is 5.73 Å². The Labute approximate surface area is 163 Å². The molecule has 0 aromatic heterocycles. The first kappa shape index (κ1) is 23.8. The van der Waals surface area contributed by atoms with Crippen molar-refractivity contribution in [3.8, 4) is 0 Å². The van der Waals surface area contributed by atoms with E-state index in [4.69, 9.17) is 5.73 Å². The molecular formula is C15H20N2O8S3. The Kier molecular flexibility index (Phi) is 7.53. The molecule has 0 aliphatic rings. The molecule has 0 radical (unpaired) electrons. The molecule has 0 unspecified atom stereocenters. The van der Waals surface area contributed by atoms with Crippen molar-refractivity contribution in [3.63, 3.8) is 0 Å². The lowest BCUT2D eigenvalue weighted by atomic mass is 10.2. The fourth-order valence-corrected chi connectivity index (χ4v) is 3.39. The summed E-state index contributed by atoms with van der Waals surface area (Å²) < 4.78 is 78.5. The number of amides is 1. The predicted molar refractivity (Wildman–Crippen MR) is 104 cm³/mol. The molecule has 0 atom stereocenters. The molecule has 0 aliphatic heterocycles. The Hall–Kier alpha value is -2.22. The third-order valence-corrected chi connectivity index (χ3v) is 7.03. The van der Waals surface area contributed by atoms with Crippen LogP contribution in [0.15, 0.2) is 46.3 Å². The summed E-state index contributed by atoms with van der Waals surface area (Å²) in [5.74, 6) is -1.45. The van der Waals surface area contributed by atoms with Gasteiger partial charge >= 0.3 is 0 Å². The molecule has 13 heteroatoms. The first-order valence-corrected chi connectivity index (χ1v) is 12.6. The molecule has 0 aliphatic carbocycles. The van der Waals surface area contributed by atoms with Crippen LogP contribution in [0.1, 0.15) is 24.2 Å². The Balaban J connectivity index is 3.47. The Bertz CT molecular complexity index is 1070. The summed E-state index contributed by atoms with van der Waals surface area (Å²) in [6, 6.07) is 3.00. The Morgan fingerprint density at radius 1 is 1.00 bits per heavy atom. The van der Waals surface area contributed by atoms with Crippen molar-refractivity contribution in [2.75, 3.05) is 17.2 Å². The van der Waals surface area contributed by atoms with Crippen LogP contribution in [0.2, 0.25) is 0 Å². The maximum atomic E-state index is 12.7. The molecule has 28 heavy (non-hydrogen) atoms. The van der Waals surface area contributed by atoms with Crippen LogP contribution in [-0.2, 0) is 29.8 Å². The number of rotatable bonds is 8. The average molecular weight is 453 g/mol. The SMILES string of the molecule is CCS(=O)(=O)C=CN(C=CS(=O)(=O)CC)C(=O)c1ccc(N)c(S(=O)(=O)O)c1. The quantitative estimate of drug-likeness (QED) is 0.427. The van der Waals surface area contributed by atoms with E-state index in [1.807, 2.05) is 0 Å². The monoisotopic (exact) mass is 452 g/mol. The number of anilines is 1. The molecule has 0 spiro atoms. The molecule has 10 nitrogen and oxygen atoms in total. The number of sulfone groups is 2. The van der Waals surface area contributed by atoms with Gasteiger partial charge in [0.2, 0.25) is 0 Å². The van der Waals surface area contributed by atoms with Gasteiger partial charge in [0.25, 0.3) is 16.0 Å². The molecule has 1 rings (SSSR count). The van der Waals surface area contributed by atoms with Crippen LogP contribution in [0.3, 0.4) is 0 Å². The van der Waals surface area contributed by atoms with Crippen LogP contribution in [0, 0.1) is 0 Å². The number of nitrogen functional groups attached to an aromatic ring is 1. The van der Waals surface area contributed by atoms with Crippen LogP contribution < -0.4 is 5.73 Å². The van der Waals surface area contributed by atoms with Gasteiger partial charge in [0.15, 0.2) is 19.7 Å². The number of carbonyl (C=O) groups is 1. The van der Waals surface area contributed by atoms with Gasteiger partial charge in [-0.2, -0.15) is 8.42 Å². The second-order valence-corrected chi connectivity index (χ2v) is 11.2. The van der Waals surface area contributed by atoms with Gasteiger partial charge in [0, 0.05) is 28.8 Å². The molecule has 0 saturated heterocycles. The molecule has 156 valence electrons. The van der Waals surface area contributed by atoms with Gasteiger partial charge in [-0.15, -0.1) is 0 Å². The number of hydrogen-bond acceptors (Lipinski definition) is 8. The number of hydrogen-bond donors (Lipinski definition) is 2. The lowest BCUT2D eigenvalue weighted by molar-refractivity contribution is 0.0869. The second-order valence-electron chi connectivity index (χ2n) is 5.41. The summed E-state index contributed by atoms with van der Waals surface area (Å²) in [7, 11) is -12.0. The normalized spacial score (nSPS) is 13.2. The molecular weight excluding hydrogens is 432 g/mol. The summed E-state index contributed by atoms with van der Waals surface area (Å²) in [6.07, 6.45) is 1.68. The van der Waals surface area contributed by atoms with Crippen molar-refractivity contribution in [3.05, 3.63) is 47.0 Å². The van der Waals surface area contributed by atoms with Crippen molar-refractivity contribution in [2.45, 2.75) is 18.7 Å². The molecule has 1 amide bonds. The van der Waals surface area contributed by atoms with Gasteiger partial charge in [-0.05, 0) is 18.2 Å². The number of nitrogens with zero attached hydrogens (tertiary/aromatic N) is 1. The van der Waals surface area contributed by atoms with Crippen molar-refractivity contribution < 1.29 is 34.6 Å². The molecule has 3 N–H and O–H groups in total. The van der Waals surface area contributed by atoms with Crippen LogP contribution in [0.5, 0.6) is 0 Å². The van der Waals surface area contributed by atoms with Crippen LogP contribution in [-0.4, -0.2) is 52.1 Å². The third kappa shape index (κ3) is 6.74. The van der Waals surface area contributed by atoms with E-state index in [1.165, 1.54) is 13.8 Å². The van der Waals surface area contributed by atoms with Gasteiger partial charge in [0.05, 0.1) is 17.2 Å². The largest absolute Gasteiger partial charge is 0.398 e. The number of carbonyl (C=O) groups excluding carboxylic acids is 1. The van der Waals surface area contributed by atoms with Gasteiger partial charge in [-0.1, -0.05) is 13.8 Å². The first-order chi connectivity index (χ1) is 12.7. The zero-order chi connectivity index (χ0) is 21.8. The van der Waals surface area contributed by atoms with Gasteiger partial charge in [-0.25, -0.2) is 16.8 Å². The number of nitrogens with two attached hydrogens (primary N) is 1. The van der Waals surface area contributed by atoms with Crippen LogP contribution in [0.25, 0.3) is 0 Å². The van der Waals surface area contributed by atoms with Crippen LogP contribution >= 0.6 is 0 Å². The van der Waals surface area contributed by atoms with E-state index in [0.717, 1.165) is 41.4 Å². The van der Waals surface area contributed by atoms with Gasteiger partial charge in [-0.3, -0.25) is 14.2 Å². The second kappa shape index (κ2) is 8.86. The van der Waals surface area contributed by atoms with E-state index >= 15 is 0 Å². The standard InChI is InChI=1S/C15H20N2O8S3/c1-3-26(19,20)9-7-17(8-10-27(21,22)4-2)15(18)12-5-6-13(16)14(11-12)28(23,24)25/h5-11H,3-4,16H2,1-2H3,(H,23,24,25). The summed E-state index contributed by atoms with van der Waals surface area (Å²) in [4.78, 5) is 12.6. The molecule has 0 fully saturated rings. The molecule has 1 aromatic rings. The average Bonchev–Trinajstić information content (AvgIpc) is 2.60. The lowest BCUT2D eigenvalue weighted by Crippen LogP contribution is -2.22. The smallest absolute Gasteiger partial charge is 0.296 e. The van der Waals surface area contributed by atoms with E-state index in [9.17, 15) is 34.6 Å². The van der Waals surface area contributed by atoms with E-state index in [2.05, 4.69) is 0 Å². The van der Waals surface area contributed by atoms with Crippen molar-refractivity contribution in [1.82, 2.24) is 4.90 Å². The summed E-state index contributed by atoms with van der Waals surface area (Å²) in [6.45, 7) is 2.75. The molecule has 0 bridgehead atoms. The highest BCUT2D eigenvalue weighted by molar-refractivity contribution is 7.94. The molecule has 0 saturated carbocycles. The minimum absolute atomic E-state index is 0.253.